The predicted octanol–water partition coefficient (Wildman–Crippen LogP) is 1.41. The van der Waals surface area contributed by atoms with Crippen LogP contribution in [0.25, 0.3) is 0 Å². The number of rotatable bonds is 6. The summed E-state index contributed by atoms with van der Waals surface area (Å²) >= 11 is 0. The van der Waals surface area contributed by atoms with Crippen LogP contribution in [0.5, 0.6) is 0 Å². The summed E-state index contributed by atoms with van der Waals surface area (Å²) in [5.74, 6) is 0. The molecule has 0 saturated carbocycles. The third-order valence-electron chi connectivity index (χ3n) is 4.19. The Morgan fingerprint density at radius 2 is 2.09 bits per heavy atom. The fraction of sp³-hybridized carbons (Fsp3) is 0.438. The topological polar surface area (TPSA) is 75.4 Å². The van der Waals surface area contributed by atoms with Crippen LogP contribution in [0.4, 0.5) is 0 Å². The van der Waals surface area contributed by atoms with Gasteiger partial charge in [-0.1, -0.05) is 0 Å². The monoisotopic (exact) mass is 335 g/mol. The first-order chi connectivity index (χ1) is 11.0. The highest BCUT2D eigenvalue weighted by Gasteiger charge is 2.35. The summed E-state index contributed by atoms with van der Waals surface area (Å²) < 4.78 is 31.2. The second kappa shape index (κ2) is 6.82. The maximum atomic E-state index is 11.7. The Hall–Kier alpha value is -1.70. The number of nitrogens with one attached hydrogen (secondary N) is 1. The van der Waals surface area contributed by atoms with E-state index in [-0.39, 0.29) is 12.1 Å². The number of sulfonamides is 1. The summed E-state index contributed by atoms with van der Waals surface area (Å²) in [5, 5.41) is 0. The van der Waals surface area contributed by atoms with E-state index in [0.717, 1.165) is 37.1 Å². The molecule has 23 heavy (non-hydrogen) atoms. The normalized spacial score (nSPS) is 22.5. The summed E-state index contributed by atoms with van der Waals surface area (Å²) in [7, 11) is -3.23. The van der Waals surface area contributed by atoms with E-state index in [0.29, 0.717) is 0 Å². The molecule has 0 radical (unpaired) electrons. The Morgan fingerprint density at radius 1 is 1.30 bits per heavy atom. The van der Waals surface area contributed by atoms with E-state index < -0.39 is 10.0 Å². The average molecular weight is 335 g/mol. The molecule has 0 aromatic carbocycles. The van der Waals surface area contributed by atoms with E-state index in [2.05, 4.69) is 14.6 Å². The van der Waals surface area contributed by atoms with Crippen LogP contribution in [0.2, 0.25) is 0 Å². The lowest BCUT2D eigenvalue weighted by atomic mass is 10.0. The molecule has 3 heterocycles. The van der Waals surface area contributed by atoms with E-state index >= 15 is 0 Å². The molecule has 0 aliphatic carbocycles. The third-order valence-corrected chi connectivity index (χ3v) is 4.92. The third kappa shape index (κ3) is 4.40. The van der Waals surface area contributed by atoms with Crippen molar-refractivity contribution in [2.75, 3.05) is 12.8 Å². The van der Waals surface area contributed by atoms with Crippen LogP contribution in [0, 0.1) is 0 Å². The van der Waals surface area contributed by atoms with Crippen LogP contribution >= 0.6 is 0 Å². The summed E-state index contributed by atoms with van der Waals surface area (Å²) in [6, 6.07) is 5.94. The van der Waals surface area contributed by atoms with Crippen LogP contribution in [-0.2, 0) is 23.0 Å². The van der Waals surface area contributed by atoms with E-state index in [4.69, 9.17) is 4.42 Å². The molecule has 2 aromatic heterocycles. The minimum absolute atomic E-state index is 0.0786. The summed E-state index contributed by atoms with van der Waals surface area (Å²) in [6.45, 7) is 1.61. The van der Waals surface area contributed by atoms with Gasteiger partial charge in [-0.2, -0.15) is 0 Å². The Kier molecular flexibility index (Phi) is 4.79. The van der Waals surface area contributed by atoms with Crippen molar-refractivity contribution in [1.82, 2.24) is 14.6 Å². The number of likely N-dealkylation sites (tertiary alicyclic amines) is 1. The van der Waals surface area contributed by atoms with Gasteiger partial charge in [0.15, 0.2) is 0 Å². The van der Waals surface area contributed by atoms with E-state index in [1.807, 2.05) is 18.2 Å². The molecule has 1 aliphatic heterocycles. The van der Waals surface area contributed by atoms with E-state index in [1.54, 1.807) is 24.9 Å². The number of nitrogens with zero attached hydrogens (tertiary/aromatic N) is 2. The van der Waals surface area contributed by atoms with Crippen molar-refractivity contribution < 1.29 is 12.8 Å². The molecule has 6 nitrogen and oxygen atoms in total. The molecule has 1 fully saturated rings. The van der Waals surface area contributed by atoms with Gasteiger partial charge in [-0.05, 0) is 36.6 Å². The molecule has 2 atom stereocenters. The number of hydrogen-bond donors (Lipinski definition) is 1. The van der Waals surface area contributed by atoms with Crippen molar-refractivity contribution in [3.63, 3.8) is 0 Å². The van der Waals surface area contributed by atoms with Gasteiger partial charge in [-0.3, -0.25) is 9.88 Å². The van der Waals surface area contributed by atoms with Crippen LogP contribution in [0.15, 0.2) is 47.5 Å². The zero-order valence-electron chi connectivity index (χ0n) is 13.1. The lowest BCUT2D eigenvalue weighted by Gasteiger charge is -2.28. The van der Waals surface area contributed by atoms with Crippen molar-refractivity contribution in [2.45, 2.75) is 31.5 Å². The van der Waals surface area contributed by atoms with Gasteiger partial charge in [0.2, 0.25) is 10.0 Å². The highest BCUT2D eigenvalue weighted by molar-refractivity contribution is 7.88. The predicted molar refractivity (Wildman–Crippen MR) is 87.2 cm³/mol. The first-order valence-corrected chi connectivity index (χ1v) is 9.52. The highest BCUT2D eigenvalue weighted by atomic mass is 32.2. The van der Waals surface area contributed by atoms with E-state index in [1.165, 1.54) is 6.26 Å². The molecule has 0 spiro atoms. The molecule has 124 valence electrons. The quantitative estimate of drug-likeness (QED) is 0.864. The van der Waals surface area contributed by atoms with Gasteiger partial charge in [0.25, 0.3) is 0 Å². The molecule has 3 rings (SSSR count). The second-order valence-corrected chi connectivity index (χ2v) is 7.79. The van der Waals surface area contributed by atoms with Crippen LogP contribution in [0.1, 0.15) is 17.5 Å². The molecular formula is C16H21N3O3S. The SMILES string of the molecule is CS(=O)(=O)N[C@@H]1CCN(Cc2ccoc2)[C@H]1Cc1ccncc1. The summed E-state index contributed by atoms with van der Waals surface area (Å²) in [5.41, 5.74) is 2.26. The van der Waals surface area contributed by atoms with Gasteiger partial charge < -0.3 is 4.42 Å². The molecular weight excluding hydrogens is 314 g/mol. The Bertz CT molecular complexity index is 716. The molecule has 0 unspecified atom stereocenters. The molecule has 1 N–H and O–H groups in total. The van der Waals surface area contributed by atoms with Crippen LogP contribution in [-0.4, -0.2) is 43.2 Å². The number of hydrogen-bond acceptors (Lipinski definition) is 5. The van der Waals surface area contributed by atoms with Crippen molar-refractivity contribution in [3.05, 3.63) is 54.2 Å². The largest absolute Gasteiger partial charge is 0.472 e. The Labute approximate surface area is 136 Å². The lowest BCUT2D eigenvalue weighted by Crippen LogP contribution is -2.45. The van der Waals surface area contributed by atoms with Crippen molar-refractivity contribution >= 4 is 10.0 Å². The number of furan rings is 1. The minimum atomic E-state index is -3.23. The van der Waals surface area contributed by atoms with Gasteiger partial charge in [-0.25, -0.2) is 13.1 Å². The van der Waals surface area contributed by atoms with Crippen molar-refractivity contribution in [1.29, 1.82) is 0 Å². The average Bonchev–Trinajstić information content (AvgIpc) is 3.12. The van der Waals surface area contributed by atoms with Gasteiger partial charge in [0.1, 0.15) is 0 Å². The summed E-state index contributed by atoms with van der Waals surface area (Å²) in [4.78, 5) is 6.35. The van der Waals surface area contributed by atoms with Gasteiger partial charge in [0, 0.05) is 43.1 Å². The molecule has 0 bridgehead atoms. The maximum Gasteiger partial charge on any atom is 0.209 e. The Morgan fingerprint density at radius 3 is 2.74 bits per heavy atom. The van der Waals surface area contributed by atoms with Gasteiger partial charge >= 0.3 is 0 Å². The highest BCUT2D eigenvalue weighted by Crippen LogP contribution is 2.24. The fourth-order valence-corrected chi connectivity index (χ4v) is 4.00. The zero-order chi connectivity index (χ0) is 16.3. The van der Waals surface area contributed by atoms with E-state index in [9.17, 15) is 8.42 Å². The second-order valence-electron chi connectivity index (χ2n) is 6.01. The van der Waals surface area contributed by atoms with Crippen LogP contribution in [0.3, 0.4) is 0 Å². The number of aromatic nitrogens is 1. The van der Waals surface area contributed by atoms with Gasteiger partial charge in [-0.15, -0.1) is 0 Å². The molecule has 1 saturated heterocycles. The fourth-order valence-electron chi connectivity index (χ4n) is 3.18. The first kappa shape index (κ1) is 16.2. The molecule has 0 amide bonds. The van der Waals surface area contributed by atoms with Gasteiger partial charge in [0.05, 0.1) is 18.8 Å². The first-order valence-electron chi connectivity index (χ1n) is 7.62. The maximum absolute atomic E-state index is 11.7. The van der Waals surface area contributed by atoms with Crippen LogP contribution < -0.4 is 4.72 Å². The molecule has 1 aliphatic rings. The Balaban J connectivity index is 1.78. The standard InChI is InChI=1S/C16H21N3O3S/c1-23(20,21)18-15-4-8-19(11-14-5-9-22-12-14)16(15)10-13-2-6-17-7-3-13/h2-3,5-7,9,12,15-16,18H,4,8,10-11H2,1H3/t15-,16+/m1/s1. The number of pyridine rings is 1. The van der Waals surface area contributed by atoms with Crippen molar-refractivity contribution in [2.24, 2.45) is 0 Å². The molecule has 7 heteroatoms. The zero-order valence-corrected chi connectivity index (χ0v) is 13.9. The molecule has 2 aromatic rings. The lowest BCUT2D eigenvalue weighted by molar-refractivity contribution is 0.230. The van der Waals surface area contributed by atoms with Crippen molar-refractivity contribution in [3.8, 4) is 0 Å². The summed E-state index contributed by atoms with van der Waals surface area (Å²) in [6.07, 6.45) is 9.74. The minimum Gasteiger partial charge on any atom is -0.472 e. The smallest absolute Gasteiger partial charge is 0.209 e.